The average Bonchev–Trinajstić information content (AvgIpc) is 3.20. The van der Waals surface area contributed by atoms with E-state index in [1.54, 1.807) is 23.5 Å². The van der Waals surface area contributed by atoms with Crippen molar-refractivity contribution in [2.45, 2.75) is 0 Å². The van der Waals surface area contributed by atoms with Crippen LogP contribution in [0.3, 0.4) is 0 Å². The van der Waals surface area contributed by atoms with E-state index in [0.717, 1.165) is 21.0 Å². The number of benzene rings is 3. The molecule has 0 fully saturated rings. The third-order valence-electron chi connectivity index (χ3n) is 3.90. The van der Waals surface area contributed by atoms with Crippen LogP contribution in [-0.2, 0) is 0 Å². The van der Waals surface area contributed by atoms with Crippen molar-refractivity contribution in [3.8, 4) is 26.8 Å². The van der Waals surface area contributed by atoms with Crippen LogP contribution in [0.5, 0.6) is 5.75 Å². The SMILES string of the molecule is O=C(Nc1ccc(-c2ncc(-c3ccccc3)s2)cc1)Oc1ccccc1. The maximum atomic E-state index is 12.0. The fraction of sp³-hybridized carbons (Fsp3) is 0. The Morgan fingerprint density at radius 2 is 1.48 bits per heavy atom. The number of thiazole rings is 1. The molecule has 0 aliphatic rings. The summed E-state index contributed by atoms with van der Waals surface area (Å²) in [7, 11) is 0. The van der Waals surface area contributed by atoms with Crippen molar-refractivity contribution >= 4 is 23.1 Å². The fourth-order valence-corrected chi connectivity index (χ4v) is 3.51. The van der Waals surface area contributed by atoms with Crippen molar-refractivity contribution < 1.29 is 9.53 Å². The summed E-state index contributed by atoms with van der Waals surface area (Å²) in [6.45, 7) is 0. The molecule has 1 aromatic heterocycles. The number of ether oxygens (including phenoxy) is 1. The van der Waals surface area contributed by atoms with Gasteiger partial charge in [0.15, 0.2) is 0 Å². The van der Waals surface area contributed by atoms with Crippen molar-refractivity contribution in [1.29, 1.82) is 0 Å². The Bertz CT molecular complexity index is 1030. The molecule has 1 heterocycles. The first-order valence-corrected chi connectivity index (χ1v) is 9.25. The number of rotatable bonds is 4. The van der Waals surface area contributed by atoms with Gasteiger partial charge in [0.1, 0.15) is 10.8 Å². The second kappa shape index (κ2) is 7.85. The first kappa shape index (κ1) is 17.0. The van der Waals surface area contributed by atoms with E-state index in [-0.39, 0.29) is 0 Å². The number of aromatic nitrogens is 1. The van der Waals surface area contributed by atoms with Crippen molar-refractivity contribution in [1.82, 2.24) is 4.98 Å². The summed E-state index contributed by atoms with van der Waals surface area (Å²) in [5, 5.41) is 3.66. The quantitative estimate of drug-likeness (QED) is 0.472. The van der Waals surface area contributed by atoms with Crippen LogP contribution in [0, 0.1) is 0 Å². The molecule has 4 rings (SSSR count). The summed E-state index contributed by atoms with van der Waals surface area (Å²) in [6, 6.07) is 26.7. The van der Waals surface area contributed by atoms with E-state index in [1.807, 2.05) is 66.9 Å². The molecule has 0 atom stereocenters. The molecule has 4 aromatic rings. The van der Waals surface area contributed by atoms with Gasteiger partial charge in [-0.3, -0.25) is 5.32 Å². The highest BCUT2D eigenvalue weighted by Gasteiger charge is 2.08. The molecular weight excluding hydrogens is 356 g/mol. The van der Waals surface area contributed by atoms with Gasteiger partial charge in [0.2, 0.25) is 0 Å². The van der Waals surface area contributed by atoms with Crippen LogP contribution in [0.15, 0.2) is 91.1 Å². The Kier molecular flexibility index (Phi) is 4.94. The van der Waals surface area contributed by atoms with E-state index in [1.165, 1.54) is 0 Å². The number of carbonyl (C=O) groups is 1. The predicted molar refractivity (Wildman–Crippen MR) is 109 cm³/mol. The van der Waals surface area contributed by atoms with Crippen LogP contribution in [0.4, 0.5) is 10.5 Å². The zero-order chi connectivity index (χ0) is 18.5. The predicted octanol–water partition coefficient (Wildman–Crippen LogP) is 6.09. The molecule has 0 bridgehead atoms. The smallest absolute Gasteiger partial charge is 0.410 e. The summed E-state index contributed by atoms with van der Waals surface area (Å²) in [5.41, 5.74) is 2.83. The van der Waals surface area contributed by atoms with Gasteiger partial charge in [-0.15, -0.1) is 11.3 Å². The van der Waals surface area contributed by atoms with E-state index < -0.39 is 6.09 Å². The number of hydrogen-bond acceptors (Lipinski definition) is 4. The Morgan fingerprint density at radius 1 is 0.815 bits per heavy atom. The second-order valence-electron chi connectivity index (χ2n) is 5.80. The Balaban J connectivity index is 1.43. The number of para-hydroxylation sites is 1. The van der Waals surface area contributed by atoms with E-state index in [2.05, 4.69) is 22.4 Å². The molecule has 3 aromatic carbocycles. The standard InChI is InChI=1S/C22H16N2O2S/c25-22(26-19-9-5-2-6-10-19)24-18-13-11-17(12-14-18)21-23-15-20(27-21)16-7-3-1-4-8-16/h1-15H,(H,24,25). The monoisotopic (exact) mass is 372 g/mol. The lowest BCUT2D eigenvalue weighted by molar-refractivity contribution is 0.215. The van der Waals surface area contributed by atoms with Gasteiger partial charge in [0.05, 0.1) is 4.88 Å². The molecule has 0 aliphatic heterocycles. The Morgan fingerprint density at radius 3 is 2.19 bits per heavy atom. The molecule has 1 N–H and O–H groups in total. The summed E-state index contributed by atoms with van der Waals surface area (Å²) < 4.78 is 5.23. The lowest BCUT2D eigenvalue weighted by Gasteiger charge is -2.07. The van der Waals surface area contributed by atoms with Gasteiger partial charge in [-0.05, 0) is 42.0 Å². The zero-order valence-corrected chi connectivity index (χ0v) is 15.1. The minimum absolute atomic E-state index is 0.503. The molecule has 0 unspecified atom stereocenters. The number of hydrogen-bond donors (Lipinski definition) is 1. The minimum atomic E-state index is -0.519. The fourth-order valence-electron chi connectivity index (χ4n) is 2.58. The highest BCUT2D eigenvalue weighted by atomic mass is 32.1. The molecule has 5 heteroatoms. The summed E-state index contributed by atoms with van der Waals surface area (Å²) >= 11 is 1.64. The van der Waals surface area contributed by atoms with Gasteiger partial charge < -0.3 is 4.74 Å². The topological polar surface area (TPSA) is 51.2 Å². The molecule has 132 valence electrons. The van der Waals surface area contributed by atoms with Crippen LogP contribution in [0.1, 0.15) is 0 Å². The number of carbonyl (C=O) groups excluding carboxylic acids is 1. The number of nitrogens with one attached hydrogen (secondary N) is 1. The summed E-state index contributed by atoms with van der Waals surface area (Å²) in [4.78, 5) is 17.6. The molecule has 0 aliphatic carbocycles. The van der Waals surface area contributed by atoms with Gasteiger partial charge in [-0.25, -0.2) is 9.78 Å². The molecular formula is C22H16N2O2S. The normalized spacial score (nSPS) is 10.4. The van der Waals surface area contributed by atoms with Crippen molar-refractivity contribution in [3.63, 3.8) is 0 Å². The van der Waals surface area contributed by atoms with Gasteiger partial charge in [-0.2, -0.15) is 0 Å². The number of nitrogens with zero attached hydrogens (tertiary/aromatic N) is 1. The molecule has 0 saturated heterocycles. The maximum absolute atomic E-state index is 12.0. The summed E-state index contributed by atoms with van der Waals surface area (Å²) in [6.07, 6.45) is 1.37. The molecule has 0 saturated carbocycles. The van der Waals surface area contributed by atoms with Crippen molar-refractivity contribution in [3.05, 3.63) is 91.1 Å². The number of anilines is 1. The minimum Gasteiger partial charge on any atom is -0.410 e. The van der Waals surface area contributed by atoms with E-state index >= 15 is 0 Å². The average molecular weight is 372 g/mol. The number of amides is 1. The Labute approximate surface area is 161 Å². The Hall–Kier alpha value is -3.44. The van der Waals surface area contributed by atoms with Crippen LogP contribution >= 0.6 is 11.3 Å². The third kappa shape index (κ3) is 4.22. The lowest BCUT2D eigenvalue weighted by Crippen LogP contribution is -2.16. The van der Waals surface area contributed by atoms with Crippen LogP contribution < -0.4 is 10.1 Å². The molecule has 0 spiro atoms. The van der Waals surface area contributed by atoms with Gasteiger partial charge in [-0.1, -0.05) is 48.5 Å². The van der Waals surface area contributed by atoms with Gasteiger partial charge in [0, 0.05) is 17.4 Å². The van der Waals surface area contributed by atoms with Crippen molar-refractivity contribution in [2.75, 3.05) is 5.32 Å². The lowest BCUT2D eigenvalue weighted by atomic mass is 10.2. The first-order chi connectivity index (χ1) is 13.3. The van der Waals surface area contributed by atoms with E-state index in [0.29, 0.717) is 11.4 Å². The van der Waals surface area contributed by atoms with E-state index in [4.69, 9.17) is 4.74 Å². The van der Waals surface area contributed by atoms with Crippen LogP contribution in [0.2, 0.25) is 0 Å². The zero-order valence-electron chi connectivity index (χ0n) is 14.3. The highest BCUT2D eigenvalue weighted by Crippen LogP contribution is 2.32. The summed E-state index contributed by atoms with van der Waals surface area (Å²) in [5.74, 6) is 0.503. The van der Waals surface area contributed by atoms with Gasteiger partial charge >= 0.3 is 6.09 Å². The first-order valence-electron chi connectivity index (χ1n) is 8.43. The molecule has 4 nitrogen and oxygen atoms in total. The van der Waals surface area contributed by atoms with E-state index in [9.17, 15) is 4.79 Å². The highest BCUT2D eigenvalue weighted by molar-refractivity contribution is 7.18. The van der Waals surface area contributed by atoms with Crippen LogP contribution in [0.25, 0.3) is 21.0 Å². The second-order valence-corrected chi connectivity index (χ2v) is 6.83. The molecule has 27 heavy (non-hydrogen) atoms. The maximum Gasteiger partial charge on any atom is 0.417 e. The van der Waals surface area contributed by atoms with Crippen LogP contribution in [-0.4, -0.2) is 11.1 Å². The van der Waals surface area contributed by atoms with Gasteiger partial charge in [0.25, 0.3) is 0 Å². The molecule has 0 radical (unpaired) electrons. The molecule has 1 amide bonds. The largest absolute Gasteiger partial charge is 0.417 e. The third-order valence-corrected chi connectivity index (χ3v) is 4.99. The van der Waals surface area contributed by atoms with Crippen molar-refractivity contribution in [2.24, 2.45) is 0 Å².